The van der Waals surface area contributed by atoms with Gasteiger partial charge in [0.25, 0.3) is 5.91 Å². The number of methoxy groups -OCH3 is 3. The largest absolute Gasteiger partial charge is 0.493 e. The fourth-order valence-corrected chi connectivity index (χ4v) is 3.40. The van der Waals surface area contributed by atoms with Crippen LogP contribution in [0.25, 0.3) is 0 Å². The second-order valence-electron chi connectivity index (χ2n) is 6.21. The maximum atomic E-state index is 13.2. The monoisotopic (exact) mass is 419 g/mol. The second kappa shape index (κ2) is 7.99. The molecule has 3 rings (SSSR count). The summed E-state index contributed by atoms with van der Waals surface area (Å²) in [4.78, 5) is 15.1. The number of ether oxygens (including phenoxy) is 3. The molecule has 26 heavy (non-hydrogen) atoms. The number of nitrogens with zero attached hydrogens (tertiary/aromatic N) is 1. The molecule has 0 bridgehead atoms. The summed E-state index contributed by atoms with van der Waals surface area (Å²) in [5, 5.41) is 0. The van der Waals surface area contributed by atoms with Crippen molar-refractivity contribution in [2.24, 2.45) is 0 Å². The average molecular weight is 420 g/mol. The molecule has 0 saturated heterocycles. The third-order valence-corrected chi connectivity index (χ3v) is 4.90. The van der Waals surface area contributed by atoms with E-state index in [-0.39, 0.29) is 11.9 Å². The molecule has 0 spiro atoms. The third kappa shape index (κ3) is 3.96. The Morgan fingerprint density at radius 1 is 1.08 bits per heavy atom. The molecule has 0 N–H and O–H groups in total. The lowest BCUT2D eigenvalue weighted by Crippen LogP contribution is -2.32. The van der Waals surface area contributed by atoms with Crippen LogP contribution in [0, 0.1) is 0 Å². The second-order valence-corrected chi connectivity index (χ2v) is 7.12. The number of carbonyl (C=O) groups is 1. The lowest BCUT2D eigenvalue weighted by atomic mass is 10.1. The number of hydrogen-bond acceptors (Lipinski definition) is 4. The Morgan fingerprint density at radius 3 is 2.23 bits per heavy atom. The van der Waals surface area contributed by atoms with Crippen molar-refractivity contribution in [1.82, 2.24) is 4.90 Å². The van der Waals surface area contributed by atoms with Gasteiger partial charge in [0.2, 0.25) is 5.75 Å². The van der Waals surface area contributed by atoms with Gasteiger partial charge in [0.05, 0.1) is 21.3 Å². The minimum Gasteiger partial charge on any atom is -0.493 e. The summed E-state index contributed by atoms with van der Waals surface area (Å²) < 4.78 is 17.1. The van der Waals surface area contributed by atoms with Gasteiger partial charge in [-0.15, -0.1) is 0 Å². The van der Waals surface area contributed by atoms with Gasteiger partial charge in [-0.3, -0.25) is 4.79 Å². The number of carbonyl (C=O) groups excluding carboxylic acids is 1. The Hall–Kier alpha value is -2.21. The lowest BCUT2D eigenvalue weighted by molar-refractivity contribution is 0.0729. The quantitative estimate of drug-likeness (QED) is 0.671. The van der Waals surface area contributed by atoms with Crippen LogP contribution in [0.5, 0.6) is 17.2 Å². The smallest absolute Gasteiger partial charge is 0.254 e. The van der Waals surface area contributed by atoms with Crippen LogP contribution < -0.4 is 14.2 Å². The number of benzene rings is 2. The Labute approximate surface area is 162 Å². The molecule has 1 aliphatic rings. The van der Waals surface area contributed by atoms with Gasteiger partial charge in [0, 0.05) is 22.6 Å². The highest BCUT2D eigenvalue weighted by atomic mass is 79.9. The lowest BCUT2D eigenvalue weighted by Gasteiger charge is -2.24. The van der Waals surface area contributed by atoms with Crippen LogP contribution in [0.3, 0.4) is 0 Å². The summed E-state index contributed by atoms with van der Waals surface area (Å²) in [6.45, 7) is 0.569. The molecular formula is C20H22BrNO4. The molecule has 138 valence electrons. The summed E-state index contributed by atoms with van der Waals surface area (Å²) in [5.74, 6) is 1.41. The molecule has 1 amide bonds. The van der Waals surface area contributed by atoms with Crippen molar-refractivity contribution in [2.75, 3.05) is 21.3 Å². The zero-order chi connectivity index (χ0) is 18.7. The highest BCUT2D eigenvalue weighted by molar-refractivity contribution is 9.10. The maximum absolute atomic E-state index is 13.2. The normalized spacial score (nSPS) is 13.2. The van der Waals surface area contributed by atoms with Gasteiger partial charge in [-0.2, -0.15) is 0 Å². The molecule has 0 atom stereocenters. The number of rotatable bonds is 7. The number of amides is 1. The van der Waals surface area contributed by atoms with Gasteiger partial charge >= 0.3 is 0 Å². The maximum Gasteiger partial charge on any atom is 0.254 e. The summed E-state index contributed by atoms with van der Waals surface area (Å²) in [5.41, 5.74) is 1.62. The van der Waals surface area contributed by atoms with Crippen LogP contribution in [0.2, 0.25) is 0 Å². The molecule has 2 aromatic rings. The number of halogens is 1. The Balaban J connectivity index is 1.92. The predicted molar refractivity (Wildman–Crippen MR) is 103 cm³/mol. The van der Waals surface area contributed by atoms with Crippen molar-refractivity contribution in [3.63, 3.8) is 0 Å². The highest BCUT2D eigenvalue weighted by Crippen LogP contribution is 2.39. The highest BCUT2D eigenvalue weighted by Gasteiger charge is 2.34. The first-order chi connectivity index (χ1) is 12.6. The van der Waals surface area contributed by atoms with Crippen LogP contribution in [0.15, 0.2) is 40.9 Å². The van der Waals surface area contributed by atoms with Gasteiger partial charge in [0.15, 0.2) is 11.5 Å². The number of hydrogen-bond donors (Lipinski definition) is 0. The van der Waals surface area contributed by atoms with Crippen LogP contribution in [0.4, 0.5) is 0 Å². The standard InChI is InChI=1S/C20H22BrNO4/c1-24-17-10-14(11-18(25-2)19(17)26-3)20(23)22(16-7-8-16)12-13-5-4-6-15(21)9-13/h4-6,9-11,16H,7-8,12H2,1-3H3. The van der Waals surface area contributed by atoms with Crippen LogP contribution in [-0.2, 0) is 6.54 Å². The first-order valence-corrected chi connectivity index (χ1v) is 9.22. The summed E-state index contributed by atoms with van der Waals surface area (Å²) in [6.07, 6.45) is 2.06. The van der Waals surface area contributed by atoms with E-state index in [1.807, 2.05) is 29.2 Å². The molecule has 6 heteroatoms. The molecule has 0 radical (unpaired) electrons. The van der Waals surface area contributed by atoms with Crippen molar-refractivity contribution in [3.05, 3.63) is 52.0 Å². The first-order valence-electron chi connectivity index (χ1n) is 8.42. The molecule has 2 aromatic carbocycles. The van der Waals surface area contributed by atoms with Crippen LogP contribution >= 0.6 is 15.9 Å². The van der Waals surface area contributed by atoms with E-state index in [0.29, 0.717) is 29.4 Å². The molecular weight excluding hydrogens is 398 g/mol. The van der Waals surface area contributed by atoms with E-state index in [0.717, 1.165) is 22.9 Å². The van der Waals surface area contributed by atoms with Crippen molar-refractivity contribution in [2.45, 2.75) is 25.4 Å². The van der Waals surface area contributed by atoms with Gasteiger partial charge < -0.3 is 19.1 Å². The molecule has 0 unspecified atom stereocenters. The Morgan fingerprint density at radius 2 is 1.73 bits per heavy atom. The van der Waals surface area contributed by atoms with Crippen LogP contribution in [-0.4, -0.2) is 38.2 Å². The topological polar surface area (TPSA) is 48.0 Å². The molecule has 0 aromatic heterocycles. The molecule has 0 heterocycles. The summed E-state index contributed by atoms with van der Waals surface area (Å²) in [7, 11) is 4.64. The van der Waals surface area contributed by atoms with Crippen molar-refractivity contribution >= 4 is 21.8 Å². The Bertz CT molecular complexity index is 779. The molecule has 1 saturated carbocycles. The predicted octanol–water partition coefficient (Wildman–Crippen LogP) is 4.28. The summed E-state index contributed by atoms with van der Waals surface area (Å²) in [6, 6.07) is 11.7. The van der Waals surface area contributed by atoms with Crippen molar-refractivity contribution < 1.29 is 19.0 Å². The Kier molecular flexibility index (Phi) is 5.71. The van der Waals surface area contributed by atoms with Crippen molar-refractivity contribution in [3.8, 4) is 17.2 Å². The van der Waals surface area contributed by atoms with Gasteiger partial charge in [-0.25, -0.2) is 0 Å². The first kappa shape index (κ1) is 18.6. The van der Waals surface area contributed by atoms with E-state index >= 15 is 0 Å². The average Bonchev–Trinajstić information content (AvgIpc) is 3.49. The van der Waals surface area contributed by atoms with E-state index < -0.39 is 0 Å². The SMILES string of the molecule is COc1cc(C(=O)N(Cc2cccc(Br)c2)C2CC2)cc(OC)c1OC. The van der Waals surface area contributed by atoms with Crippen LogP contribution in [0.1, 0.15) is 28.8 Å². The van der Waals surface area contributed by atoms with E-state index in [2.05, 4.69) is 15.9 Å². The van der Waals surface area contributed by atoms with Crippen molar-refractivity contribution in [1.29, 1.82) is 0 Å². The zero-order valence-electron chi connectivity index (χ0n) is 15.1. The zero-order valence-corrected chi connectivity index (χ0v) is 16.7. The third-order valence-electron chi connectivity index (χ3n) is 4.40. The minimum atomic E-state index is -0.0354. The van der Waals surface area contributed by atoms with E-state index in [1.165, 1.54) is 0 Å². The van der Waals surface area contributed by atoms with E-state index in [4.69, 9.17) is 14.2 Å². The van der Waals surface area contributed by atoms with E-state index in [1.54, 1.807) is 33.5 Å². The van der Waals surface area contributed by atoms with Gasteiger partial charge in [0.1, 0.15) is 0 Å². The van der Waals surface area contributed by atoms with Gasteiger partial charge in [-0.1, -0.05) is 28.1 Å². The summed E-state index contributed by atoms with van der Waals surface area (Å²) >= 11 is 3.49. The van der Waals surface area contributed by atoms with Gasteiger partial charge in [-0.05, 0) is 42.7 Å². The minimum absolute atomic E-state index is 0.0354. The van der Waals surface area contributed by atoms with E-state index in [9.17, 15) is 4.79 Å². The molecule has 5 nitrogen and oxygen atoms in total. The fraction of sp³-hybridized carbons (Fsp3) is 0.350. The molecule has 1 fully saturated rings. The fourth-order valence-electron chi connectivity index (χ4n) is 2.96. The molecule has 1 aliphatic carbocycles. The molecule has 0 aliphatic heterocycles.